The number of amides is 1. The zero-order valence-electron chi connectivity index (χ0n) is 18.0. The predicted molar refractivity (Wildman–Crippen MR) is 121 cm³/mol. The van der Waals surface area contributed by atoms with Crippen molar-refractivity contribution in [2.45, 2.75) is 38.1 Å². The molecule has 3 heterocycles. The molecular weight excluding hydrogens is 393 g/mol. The molecule has 31 heavy (non-hydrogen) atoms. The van der Waals surface area contributed by atoms with E-state index in [-0.39, 0.29) is 23.7 Å². The summed E-state index contributed by atoms with van der Waals surface area (Å²) >= 11 is 0. The number of halogens is 1. The summed E-state index contributed by atoms with van der Waals surface area (Å²) in [7, 11) is 1.82. The van der Waals surface area contributed by atoms with E-state index >= 15 is 0 Å². The lowest BCUT2D eigenvalue weighted by molar-refractivity contribution is -0.129. The van der Waals surface area contributed by atoms with Gasteiger partial charge in [0.25, 0.3) is 0 Å². The first-order chi connectivity index (χ1) is 14.9. The smallest absolute Gasteiger partial charge is 0.227 e. The molecule has 1 aromatic heterocycles. The summed E-state index contributed by atoms with van der Waals surface area (Å²) in [6, 6.07) is 8.25. The number of anilines is 1. The molecule has 1 fully saturated rings. The van der Waals surface area contributed by atoms with E-state index in [1.165, 1.54) is 18.3 Å². The zero-order valence-corrected chi connectivity index (χ0v) is 18.0. The predicted octanol–water partition coefficient (Wildman–Crippen LogP) is 3.31. The van der Waals surface area contributed by atoms with Crippen LogP contribution in [0.2, 0.25) is 0 Å². The van der Waals surface area contributed by atoms with Crippen molar-refractivity contribution < 1.29 is 9.18 Å². The Morgan fingerprint density at radius 2 is 2.13 bits per heavy atom. The van der Waals surface area contributed by atoms with Crippen LogP contribution < -0.4 is 10.6 Å². The third-order valence-electron chi connectivity index (χ3n) is 6.29. The van der Waals surface area contributed by atoms with Crippen LogP contribution in [0.1, 0.15) is 35.2 Å². The highest BCUT2D eigenvalue weighted by Crippen LogP contribution is 2.37. The largest absolute Gasteiger partial charge is 0.393 e. The van der Waals surface area contributed by atoms with Crippen LogP contribution in [0.3, 0.4) is 0 Å². The van der Waals surface area contributed by atoms with E-state index in [0.717, 1.165) is 53.0 Å². The number of hydrogen-bond donors (Lipinski definition) is 3. The van der Waals surface area contributed by atoms with E-state index in [9.17, 15) is 9.18 Å². The molecule has 0 radical (unpaired) electrons. The molecule has 162 valence electrons. The van der Waals surface area contributed by atoms with Crippen molar-refractivity contribution >= 4 is 23.5 Å². The summed E-state index contributed by atoms with van der Waals surface area (Å²) < 4.78 is 13.1. The number of aryl methyl sites for hydroxylation is 2. The summed E-state index contributed by atoms with van der Waals surface area (Å²) in [6.45, 7) is 3.32. The fraction of sp³-hybridized carbons (Fsp3) is 0.375. The highest BCUT2D eigenvalue weighted by molar-refractivity contribution is 6.08. The van der Waals surface area contributed by atoms with E-state index in [1.807, 2.05) is 25.1 Å². The first-order valence-electron chi connectivity index (χ1n) is 10.6. The van der Waals surface area contributed by atoms with Gasteiger partial charge in [0.05, 0.1) is 12.0 Å². The van der Waals surface area contributed by atoms with Gasteiger partial charge in [-0.3, -0.25) is 4.79 Å². The lowest BCUT2D eigenvalue weighted by atomic mass is 9.86. The average molecular weight is 422 g/mol. The van der Waals surface area contributed by atoms with Crippen LogP contribution in [0.25, 0.3) is 5.57 Å². The van der Waals surface area contributed by atoms with Crippen molar-refractivity contribution in [3.05, 3.63) is 64.7 Å². The molecular formula is C24H28FN5O. The minimum absolute atomic E-state index is 0.0726. The van der Waals surface area contributed by atoms with Gasteiger partial charge in [0.2, 0.25) is 5.91 Å². The fourth-order valence-corrected chi connectivity index (χ4v) is 4.56. The lowest BCUT2D eigenvalue weighted by Crippen LogP contribution is -2.45. The molecule has 4 rings (SSSR count). The van der Waals surface area contributed by atoms with Crippen LogP contribution in [0.15, 0.2) is 36.5 Å². The second-order valence-corrected chi connectivity index (χ2v) is 8.44. The van der Waals surface area contributed by atoms with Gasteiger partial charge in [-0.2, -0.15) is 0 Å². The van der Waals surface area contributed by atoms with Crippen molar-refractivity contribution in [3.63, 3.8) is 0 Å². The van der Waals surface area contributed by atoms with E-state index in [1.54, 1.807) is 12.1 Å². The lowest BCUT2D eigenvalue weighted by Gasteiger charge is -2.36. The molecule has 2 aromatic rings. The van der Waals surface area contributed by atoms with Crippen LogP contribution in [0.5, 0.6) is 0 Å². The number of carbonyl (C=O) groups is 1. The van der Waals surface area contributed by atoms with E-state index < -0.39 is 0 Å². The fourth-order valence-electron chi connectivity index (χ4n) is 4.56. The van der Waals surface area contributed by atoms with Gasteiger partial charge in [-0.15, -0.1) is 0 Å². The Morgan fingerprint density at radius 1 is 1.35 bits per heavy atom. The monoisotopic (exact) mass is 421 g/mol. The Labute approximate surface area is 182 Å². The number of nitrogens with one attached hydrogen (secondary N) is 3. The maximum absolute atomic E-state index is 13.1. The zero-order chi connectivity index (χ0) is 22.0. The molecule has 0 bridgehead atoms. The molecule has 0 saturated carbocycles. The quantitative estimate of drug-likeness (QED) is 0.647. The van der Waals surface area contributed by atoms with Gasteiger partial charge < -0.3 is 20.9 Å². The normalized spacial score (nSPS) is 20.4. The maximum Gasteiger partial charge on any atom is 0.227 e. The third kappa shape index (κ3) is 4.31. The summed E-state index contributed by atoms with van der Waals surface area (Å²) in [5, 5.41) is 14.3. The minimum Gasteiger partial charge on any atom is -0.393 e. The van der Waals surface area contributed by atoms with Crippen LogP contribution in [-0.4, -0.2) is 47.7 Å². The number of rotatable bonds is 5. The number of carbonyl (C=O) groups excluding carboxylic acids is 1. The molecule has 3 N–H and O–H groups in total. The Hall–Kier alpha value is -3.22. The van der Waals surface area contributed by atoms with E-state index in [0.29, 0.717) is 13.1 Å². The second kappa shape index (κ2) is 8.49. The second-order valence-electron chi connectivity index (χ2n) is 8.44. The van der Waals surface area contributed by atoms with Crippen LogP contribution in [-0.2, 0) is 17.6 Å². The van der Waals surface area contributed by atoms with Gasteiger partial charge in [0, 0.05) is 49.4 Å². The molecule has 1 atom stereocenters. The van der Waals surface area contributed by atoms with Crippen LogP contribution >= 0.6 is 0 Å². The number of fused-ring (bicyclic) bond motifs is 1. The topological polar surface area (TPSA) is 81.1 Å². The Morgan fingerprint density at radius 3 is 2.84 bits per heavy atom. The number of aromatic nitrogens is 1. The van der Waals surface area contributed by atoms with Crippen molar-refractivity contribution in [2.75, 3.05) is 25.5 Å². The number of allylic oxidation sites excluding steroid dienone is 1. The highest BCUT2D eigenvalue weighted by Gasteiger charge is 2.42. The number of benzene rings is 1. The van der Waals surface area contributed by atoms with E-state index in [2.05, 4.69) is 16.7 Å². The minimum atomic E-state index is -0.290. The summed E-state index contributed by atoms with van der Waals surface area (Å²) in [6.07, 6.45) is 6.13. The van der Waals surface area contributed by atoms with Crippen molar-refractivity contribution in [2.24, 2.45) is 0 Å². The standard InChI is InChI=1S/C24H28FN5O/c1-16-21(19(13-26)14-27-2)12-18-7-8-24(29-23(18)28-16)9-10-30(15-24)22(31)11-17-3-5-20(25)6-4-17/h3-6,12-14,26-27H,7-11,15H2,1-2H3,(H,28,29)/b19-14+,26-13?/t24-/m1/s1. The first kappa shape index (κ1) is 21.0. The van der Waals surface area contributed by atoms with Gasteiger partial charge >= 0.3 is 0 Å². The maximum atomic E-state index is 13.1. The summed E-state index contributed by atoms with van der Waals surface area (Å²) in [5.74, 6) is 0.666. The molecule has 2 aliphatic rings. The van der Waals surface area contributed by atoms with Gasteiger partial charge in [0.15, 0.2) is 0 Å². The Bertz CT molecular complexity index is 1030. The molecule has 0 unspecified atom stereocenters. The van der Waals surface area contributed by atoms with Gasteiger partial charge in [-0.25, -0.2) is 9.37 Å². The van der Waals surface area contributed by atoms with Gasteiger partial charge in [-0.1, -0.05) is 12.1 Å². The van der Waals surface area contributed by atoms with Crippen molar-refractivity contribution in [3.8, 4) is 0 Å². The molecule has 1 amide bonds. The number of nitrogens with zero attached hydrogens (tertiary/aromatic N) is 2. The van der Waals surface area contributed by atoms with Gasteiger partial charge in [-0.05, 0) is 55.5 Å². The Balaban J connectivity index is 1.47. The molecule has 1 spiro atoms. The third-order valence-corrected chi connectivity index (χ3v) is 6.29. The first-order valence-corrected chi connectivity index (χ1v) is 10.6. The molecule has 1 saturated heterocycles. The summed E-state index contributed by atoms with van der Waals surface area (Å²) in [4.78, 5) is 19.5. The number of hydrogen-bond acceptors (Lipinski definition) is 5. The summed E-state index contributed by atoms with van der Waals surface area (Å²) in [5.41, 5.74) is 4.45. The van der Waals surface area contributed by atoms with E-state index in [4.69, 9.17) is 10.4 Å². The molecule has 2 aliphatic heterocycles. The molecule has 7 heteroatoms. The van der Waals surface area contributed by atoms with Crippen molar-refractivity contribution in [1.29, 1.82) is 5.41 Å². The molecule has 1 aromatic carbocycles. The van der Waals surface area contributed by atoms with Crippen molar-refractivity contribution in [1.82, 2.24) is 15.2 Å². The SMILES string of the molecule is CN/C=C(\C=N)c1cc2c(nc1C)N[C@]1(CC2)CCN(C(=O)Cc2ccc(F)cc2)C1. The van der Waals surface area contributed by atoms with Crippen LogP contribution in [0.4, 0.5) is 10.2 Å². The molecule has 6 nitrogen and oxygen atoms in total. The molecule has 0 aliphatic carbocycles. The van der Waals surface area contributed by atoms with Crippen LogP contribution in [0, 0.1) is 18.2 Å². The highest BCUT2D eigenvalue weighted by atomic mass is 19.1. The Kier molecular flexibility index (Phi) is 5.76. The van der Waals surface area contributed by atoms with Gasteiger partial charge in [0.1, 0.15) is 11.6 Å². The number of likely N-dealkylation sites (tertiary alicyclic amines) is 1. The average Bonchev–Trinajstić information content (AvgIpc) is 3.17. The number of pyridine rings is 1.